The highest BCUT2D eigenvalue weighted by molar-refractivity contribution is 5.75. The Hall–Kier alpha value is -0.570. The van der Waals surface area contributed by atoms with Gasteiger partial charge in [-0.1, -0.05) is 6.42 Å². The SMILES string of the molecule is O=C(O)C1(C[C@@H]2CO2)CCC1. The third kappa shape index (κ3) is 1.13. The summed E-state index contributed by atoms with van der Waals surface area (Å²) < 4.78 is 5.03. The summed E-state index contributed by atoms with van der Waals surface area (Å²) >= 11 is 0. The molecule has 1 N–H and O–H groups in total. The molecule has 1 aliphatic heterocycles. The van der Waals surface area contributed by atoms with Gasteiger partial charge >= 0.3 is 5.97 Å². The van der Waals surface area contributed by atoms with Crippen molar-refractivity contribution in [2.75, 3.05) is 6.61 Å². The number of epoxide rings is 1. The molecule has 0 aromatic carbocycles. The molecule has 11 heavy (non-hydrogen) atoms. The van der Waals surface area contributed by atoms with E-state index in [1.807, 2.05) is 0 Å². The number of carboxylic acids is 1. The van der Waals surface area contributed by atoms with Crippen LogP contribution >= 0.6 is 0 Å². The molecule has 0 radical (unpaired) electrons. The lowest BCUT2D eigenvalue weighted by atomic mass is 9.66. The summed E-state index contributed by atoms with van der Waals surface area (Å²) in [4.78, 5) is 10.8. The third-order valence-corrected chi connectivity index (χ3v) is 2.79. The first-order valence-corrected chi connectivity index (χ1v) is 4.08. The van der Waals surface area contributed by atoms with E-state index in [0.29, 0.717) is 0 Å². The number of ether oxygens (including phenoxy) is 1. The van der Waals surface area contributed by atoms with Crippen LogP contribution in [0.4, 0.5) is 0 Å². The van der Waals surface area contributed by atoms with Crippen molar-refractivity contribution < 1.29 is 14.6 Å². The van der Waals surface area contributed by atoms with Crippen molar-refractivity contribution >= 4 is 5.97 Å². The van der Waals surface area contributed by atoms with E-state index in [1.54, 1.807) is 0 Å². The van der Waals surface area contributed by atoms with Gasteiger partial charge in [0.1, 0.15) is 0 Å². The highest BCUT2D eigenvalue weighted by Crippen LogP contribution is 2.46. The Morgan fingerprint density at radius 3 is 2.55 bits per heavy atom. The Morgan fingerprint density at radius 1 is 1.64 bits per heavy atom. The summed E-state index contributed by atoms with van der Waals surface area (Å²) in [5.41, 5.74) is -0.402. The minimum Gasteiger partial charge on any atom is -0.481 e. The summed E-state index contributed by atoms with van der Waals surface area (Å²) in [5.74, 6) is -0.626. The maximum Gasteiger partial charge on any atom is 0.309 e. The van der Waals surface area contributed by atoms with Crippen molar-refractivity contribution in [1.82, 2.24) is 0 Å². The van der Waals surface area contributed by atoms with Gasteiger partial charge in [-0.2, -0.15) is 0 Å². The van der Waals surface area contributed by atoms with Crippen molar-refractivity contribution in [2.24, 2.45) is 5.41 Å². The highest BCUT2D eigenvalue weighted by atomic mass is 16.6. The van der Waals surface area contributed by atoms with Crippen molar-refractivity contribution in [3.63, 3.8) is 0 Å². The number of aliphatic carboxylic acids is 1. The molecule has 0 aromatic heterocycles. The third-order valence-electron chi connectivity index (χ3n) is 2.79. The van der Waals surface area contributed by atoms with Crippen molar-refractivity contribution in [1.29, 1.82) is 0 Å². The van der Waals surface area contributed by atoms with Gasteiger partial charge in [-0.25, -0.2) is 0 Å². The van der Waals surface area contributed by atoms with E-state index in [-0.39, 0.29) is 6.10 Å². The van der Waals surface area contributed by atoms with Gasteiger partial charge in [0.15, 0.2) is 0 Å². The summed E-state index contributed by atoms with van der Waals surface area (Å²) in [6, 6.07) is 0. The van der Waals surface area contributed by atoms with Crippen LogP contribution in [-0.2, 0) is 9.53 Å². The minimum absolute atomic E-state index is 0.256. The molecule has 0 spiro atoms. The number of rotatable bonds is 3. The molecule has 0 unspecified atom stereocenters. The van der Waals surface area contributed by atoms with E-state index in [0.717, 1.165) is 32.3 Å². The summed E-state index contributed by atoms with van der Waals surface area (Å²) in [6.45, 7) is 0.773. The first kappa shape index (κ1) is 7.10. The zero-order valence-electron chi connectivity index (χ0n) is 6.38. The lowest BCUT2D eigenvalue weighted by Crippen LogP contribution is -2.39. The standard InChI is InChI=1S/C8H12O3/c9-7(10)8(2-1-3-8)4-6-5-11-6/h6H,1-5H2,(H,9,10)/t6-/m1/s1. The topological polar surface area (TPSA) is 49.8 Å². The van der Waals surface area contributed by atoms with E-state index >= 15 is 0 Å². The van der Waals surface area contributed by atoms with Gasteiger partial charge in [0.05, 0.1) is 18.1 Å². The Morgan fingerprint density at radius 2 is 2.27 bits per heavy atom. The molecule has 1 saturated carbocycles. The fourth-order valence-corrected chi connectivity index (χ4v) is 1.73. The fourth-order valence-electron chi connectivity index (χ4n) is 1.73. The molecule has 0 aromatic rings. The maximum atomic E-state index is 10.8. The Balaban J connectivity index is 1.97. The van der Waals surface area contributed by atoms with Crippen molar-refractivity contribution in [3.8, 4) is 0 Å². The molecule has 1 atom stereocenters. The average Bonchev–Trinajstić information content (AvgIpc) is 2.60. The molecule has 1 heterocycles. The second kappa shape index (κ2) is 2.21. The zero-order chi connectivity index (χ0) is 7.90. The molecule has 3 nitrogen and oxygen atoms in total. The van der Waals surface area contributed by atoms with Gasteiger partial charge in [0.2, 0.25) is 0 Å². The number of hydrogen-bond donors (Lipinski definition) is 1. The smallest absolute Gasteiger partial charge is 0.309 e. The lowest BCUT2D eigenvalue weighted by Gasteiger charge is -2.37. The molecule has 3 heteroatoms. The van der Waals surface area contributed by atoms with Crippen LogP contribution in [0.3, 0.4) is 0 Å². The number of carbonyl (C=O) groups is 1. The van der Waals surface area contributed by atoms with E-state index in [2.05, 4.69) is 0 Å². The predicted octanol–water partition coefficient (Wildman–Crippen LogP) is 1.03. The van der Waals surface area contributed by atoms with Crippen LogP contribution in [0, 0.1) is 5.41 Å². The molecule has 0 bridgehead atoms. The average molecular weight is 156 g/mol. The molecular formula is C8H12O3. The normalized spacial score (nSPS) is 32.5. The predicted molar refractivity (Wildman–Crippen MR) is 38.3 cm³/mol. The van der Waals surface area contributed by atoms with Gasteiger partial charge in [-0.15, -0.1) is 0 Å². The number of carboxylic acid groups (broad SMARTS) is 1. The Kier molecular flexibility index (Phi) is 1.42. The maximum absolute atomic E-state index is 10.8. The van der Waals surface area contributed by atoms with Crippen molar-refractivity contribution in [2.45, 2.75) is 31.8 Å². The molecular weight excluding hydrogens is 144 g/mol. The first-order valence-electron chi connectivity index (χ1n) is 4.08. The van der Waals surface area contributed by atoms with Gasteiger partial charge in [-0.05, 0) is 19.3 Å². The highest BCUT2D eigenvalue weighted by Gasteiger charge is 2.48. The Labute approximate surface area is 65.4 Å². The lowest BCUT2D eigenvalue weighted by molar-refractivity contribution is -0.155. The Bertz CT molecular complexity index is 180. The van der Waals surface area contributed by atoms with Crippen LogP contribution in [-0.4, -0.2) is 23.8 Å². The van der Waals surface area contributed by atoms with E-state index < -0.39 is 11.4 Å². The van der Waals surface area contributed by atoms with Gasteiger partial charge in [0, 0.05) is 0 Å². The monoisotopic (exact) mass is 156 g/mol. The first-order chi connectivity index (χ1) is 5.23. The van der Waals surface area contributed by atoms with Gasteiger partial charge in [0.25, 0.3) is 0 Å². The van der Waals surface area contributed by atoms with Crippen molar-refractivity contribution in [3.05, 3.63) is 0 Å². The van der Waals surface area contributed by atoms with Crippen LogP contribution in [0.5, 0.6) is 0 Å². The molecule has 2 rings (SSSR count). The van der Waals surface area contributed by atoms with E-state index in [9.17, 15) is 4.79 Å². The van der Waals surface area contributed by atoms with E-state index in [4.69, 9.17) is 9.84 Å². The molecule has 2 aliphatic rings. The van der Waals surface area contributed by atoms with Gasteiger partial charge < -0.3 is 9.84 Å². The largest absolute Gasteiger partial charge is 0.481 e. The summed E-state index contributed by atoms with van der Waals surface area (Å²) in [7, 11) is 0. The summed E-state index contributed by atoms with van der Waals surface area (Å²) in [5, 5.41) is 8.90. The van der Waals surface area contributed by atoms with Crippen LogP contribution in [0.2, 0.25) is 0 Å². The van der Waals surface area contributed by atoms with Crippen LogP contribution in [0.25, 0.3) is 0 Å². The van der Waals surface area contributed by atoms with Gasteiger partial charge in [-0.3, -0.25) is 4.79 Å². The van der Waals surface area contributed by atoms with Crippen LogP contribution in [0.1, 0.15) is 25.7 Å². The van der Waals surface area contributed by atoms with E-state index in [1.165, 1.54) is 0 Å². The molecule has 2 fully saturated rings. The molecule has 62 valence electrons. The fraction of sp³-hybridized carbons (Fsp3) is 0.875. The minimum atomic E-state index is -0.626. The second-order valence-electron chi connectivity index (χ2n) is 3.60. The molecule has 1 saturated heterocycles. The number of hydrogen-bond acceptors (Lipinski definition) is 2. The quantitative estimate of drug-likeness (QED) is 0.621. The molecule has 1 aliphatic carbocycles. The zero-order valence-corrected chi connectivity index (χ0v) is 6.38. The molecule has 0 amide bonds. The summed E-state index contributed by atoms with van der Waals surface area (Å²) in [6.07, 6.45) is 3.76. The van der Waals surface area contributed by atoms with Crippen LogP contribution < -0.4 is 0 Å². The second-order valence-corrected chi connectivity index (χ2v) is 3.60. The van der Waals surface area contributed by atoms with Crippen LogP contribution in [0.15, 0.2) is 0 Å².